The molecule has 0 saturated carbocycles. The molecule has 19 heavy (non-hydrogen) atoms. The van der Waals surface area contributed by atoms with Crippen LogP contribution in [-0.4, -0.2) is 16.2 Å². The van der Waals surface area contributed by atoms with E-state index in [1.807, 2.05) is 13.8 Å². The number of aromatic nitrogens is 1. The Morgan fingerprint density at radius 1 is 1.11 bits per heavy atom. The monoisotopic (exact) mass is 261 g/mol. The van der Waals surface area contributed by atoms with Crippen LogP contribution in [-0.2, 0) is 0 Å². The lowest BCUT2D eigenvalue weighted by molar-refractivity contribution is 0.214. The van der Waals surface area contributed by atoms with Crippen LogP contribution in [0.4, 0.5) is 4.39 Å². The average Bonchev–Trinajstić information content (AvgIpc) is 2.39. The Balaban J connectivity index is 2.15. The van der Waals surface area contributed by atoms with E-state index in [4.69, 9.17) is 4.74 Å². The van der Waals surface area contributed by atoms with Crippen LogP contribution >= 0.6 is 0 Å². The zero-order valence-corrected chi connectivity index (χ0v) is 10.9. The molecule has 2 rings (SSSR count). The molecule has 100 valence electrons. The van der Waals surface area contributed by atoms with Crippen molar-refractivity contribution in [1.29, 1.82) is 0 Å². The summed E-state index contributed by atoms with van der Waals surface area (Å²) in [7, 11) is 0. The van der Waals surface area contributed by atoms with Gasteiger partial charge >= 0.3 is 0 Å². The predicted molar refractivity (Wildman–Crippen MR) is 70.5 cm³/mol. The first-order valence-electron chi connectivity index (χ1n) is 6.12. The van der Waals surface area contributed by atoms with E-state index in [9.17, 15) is 9.50 Å². The maximum Gasteiger partial charge on any atom is 0.141 e. The number of rotatable bonds is 4. The molecular weight excluding hydrogens is 245 g/mol. The van der Waals surface area contributed by atoms with E-state index < -0.39 is 11.9 Å². The first kappa shape index (κ1) is 13.5. The van der Waals surface area contributed by atoms with Gasteiger partial charge in [-0.05, 0) is 43.7 Å². The van der Waals surface area contributed by atoms with Gasteiger partial charge in [0.2, 0.25) is 0 Å². The van der Waals surface area contributed by atoms with Gasteiger partial charge < -0.3 is 9.84 Å². The van der Waals surface area contributed by atoms with Crippen LogP contribution < -0.4 is 4.74 Å². The Bertz CT molecular complexity index is 523. The van der Waals surface area contributed by atoms with E-state index in [-0.39, 0.29) is 6.10 Å². The molecule has 1 unspecified atom stereocenters. The Morgan fingerprint density at radius 3 is 2.32 bits per heavy atom. The molecule has 0 aliphatic rings. The van der Waals surface area contributed by atoms with Gasteiger partial charge in [0, 0.05) is 0 Å². The molecule has 0 aliphatic heterocycles. The molecule has 0 amide bonds. The fraction of sp³-hybridized carbons (Fsp3) is 0.267. The first-order chi connectivity index (χ1) is 9.06. The summed E-state index contributed by atoms with van der Waals surface area (Å²) in [5, 5.41) is 10.1. The zero-order chi connectivity index (χ0) is 13.8. The van der Waals surface area contributed by atoms with Crippen molar-refractivity contribution in [2.45, 2.75) is 26.1 Å². The molecule has 2 aromatic rings. The number of aliphatic hydroxyl groups is 1. The van der Waals surface area contributed by atoms with Crippen molar-refractivity contribution in [1.82, 2.24) is 4.98 Å². The molecule has 1 atom stereocenters. The number of hydrogen-bond donors (Lipinski definition) is 1. The van der Waals surface area contributed by atoms with E-state index >= 15 is 0 Å². The molecule has 3 nitrogen and oxygen atoms in total. The summed E-state index contributed by atoms with van der Waals surface area (Å²) in [4.78, 5) is 3.87. The van der Waals surface area contributed by atoms with Gasteiger partial charge in [-0.1, -0.05) is 12.1 Å². The molecule has 0 aliphatic carbocycles. The van der Waals surface area contributed by atoms with Crippen LogP contribution in [0.3, 0.4) is 0 Å². The minimum atomic E-state index is -0.867. The van der Waals surface area contributed by atoms with Gasteiger partial charge in [-0.3, -0.25) is 4.98 Å². The maximum atomic E-state index is 12.8. The number of ether oxygens (including phenoxy) is 1. The molecule has 4 heteroatoms. The SMILES string of the molecule is CC(C)Oc1ccc(C(O)c2ccc(F)cn2)cc1. The zero-order valence-electron chi connectivity index (χ0n) is 10.9. The van der Waals surface area contributed by atoms with Crippen molar-refractivity contribution in [3.05, 3.63) is 59.7 Å². The van der Waals surface area contributed by atoms with Crippen molar-refractivity contribution in [2.24, 2.45) is 0 Å². The highest BCUT2D eigenvalue weighted by atomic mass is 19.1. The molecule has 0 radical (unpaired) electrons. The highest BCUT2D eigenvalue weighted by Crippen LogP contribution is 2.23. The van der Waals surface area contributed by atoms with Gasteiger partial charge in [0.25, 0.3) is 0 Å². The summed E-state index contributed by atoms with van der Waals surface area (Å²) in [5.41, 5.74) is 1.11. The lowest BCUT2D eigenvalue weighted by Gasteiger charge is -2.13. The topological polar surface area (TPSA) is 42.4 Å². The first-order valence-corrected chi connectivity index (χ1v) is 6.12. The molecule has 0 saturated heterocycles. The lowest BCUT2D eigenvalue weighted by Crippen LogP contribution is -2.06. The highest BCUT2D eigenvalue weighted by molar-refractivity contribution is 5.32. The van der Waals surface area contributed by atoms with Crippen molar-refractivity contribution < 1.29 is 14.2 Å². The summed E-state index contributed by atoms with van der Waals surface area (Å²) >= 11 is 0. The highest BCUT2D eigenvalue weighted by Gasteiger charge is 2.12. The fourth-order valence-corrected chi connectivity index (χ4v) is 1.72. The van der Waals surface area contributed by atoms with Crippen molar-refractivity contribution in [3.63, 3.8) is 0 Å². The molecule has 0 bridgehead atoms. The molecule has 0 spiro atoms. The quantitative estimate of drug-likeness (QED) is 0.919. The number of pyridine rings is 1. The maximum absolute atomic E-state index is 12.8. The third kappa shape index (κ3) is 3.51. The Hall–Kier alpha value is -1.94. The normalized spacial score (nSPS) is 12.5. The van der Waals surface area contributed by atoms with Gasteiger partial charge in [-0.2, -0.15) is 0 Å². The Kier molecular flexibility index (Phi) is 4.12. The molecule has 1 aromatic carbocycles. The van der Waals surface area contributed by atoms with Crippen LogP contribution in [0.25, 0.3) is 0 Å². The fourth-order valence-electron chi connectivity index (χ4n) is 1.72. The van der Waals surface area contributed by atoms with Crippen LogP contribution in [0.2, 0.25) is 0 Å². The van der Waals surface area contributed by atoms with E-state index in [1.54, 1.807) is 24.3 Å². The molecule has 0 fully saturated rings. The van der Waals surface area contributed by atoms with E-state index in [1.165, 1.54) is 12.1 Å². The number of hydrogen-bond acceptors (Lipinski definition) is 3. The second-order valence-electron chi connectivity index (χ2n) is 4.54. The third-order valence-corrected chi connectivity index (χ3v) is 2.60. The average molecular weight is 261 g/mol. The Morgan fingerprint density at radius 2 is 1.79 bits per heavy atom. The molecule has 1 N–H and O–H groups in total. The summed E-state index contributed by atoms with van der Waals surface area (Å²) in [6.45, 7) is 3.90. The summed E-state index contributed by atoms with van der Waals surface area (Å²) < 4.78 is 18.3. The van der Waals surface area contributed by atoms with Gasteiger partial charge in [0.15, 0.2) is 0 Å². The lowest BCUT2D eigenvalue weighted by atomic mass is 10.1. The molecular formula is C15H16FNO2. The van der Waals surface area contributed by atoms with Crippen LogP contribution in [0.1, 0.15) is 31.2 Å². The number of nitrogens with zero attached hydrogens (tertiary/aromatic N) is 1. The third-order valence-electron chi connectivity index (χ3n) is 2.60. The summed E-state index contributed by atoms with van der Waals surface area (Å²) in [6.07, 6.45) is 0.331. The van der Waals surface area contributed by atoms with Crippen molar-refractivity contribution in [3.8, 4) is 5.75 Å². The smallest absolute Gasteiger partial charge is 0.141 e. The van der Waals surface area contributed by atoms with E-state index in [0.29, 0.717) is 11.3 Å². The van der Waals surface area contributed by atoms with Crippen LogP contribution in [0, 0.1) is 5.82 Å². The second kappa shape index (κ2) is 5.80. The van der Waals surface area contributed by atoms with Gasteiger partial charge in [-0.15, -0.1) is 0 Å². The van der Waals surface area contributed by atoms with E-state index in [2.05, 4.69) is 4.98 Å². The number of halogens is 1. The van der Waals surface area contributed by atoms with E-state index in [0.717, 1.165) is 11.9 Å². The van der Waals surface area contributed by atoms with Gasteiger partial charge in [0.05, 0.1) is 18.0 Å². The van der Waals surface area contributed by atoms with Crippen LogP contribution in [0.5, 0.6) is 5.75 Å². The number of benzene rings is 1. The largest absolute Gasteiger partial charge is 0.491 e. The Labute approximate surface area is 111 Å². The number of aliphatic hydroxyl groups excluding tert-OH is 1. The second-order valence-corrected chi connectivity index (χ2v) is 4.54. The standard InChI is InChI=1S/C15H16FNO2/c1-10(2)19-13-6-3-11(4-7-13)15(18)14-8-5-12(16)9-17-14/h3-10,15,18H,1-2H3. The minimum Gasteiger partial charge on any atom is -0.491 e. The van der Waals surface area contributed by atoms with Crippen LogP contribution in [0.15, 0.2) is 42.6 Å². The molecule has 1 heterocycles. The van der Waals surface area contributed by atoms with Crippen molar-refractivity contribution >= 4 is 0 Å². The summed E-state index contributed by atoms with van der Waals surface area (Å²) in [5.74, 6) is 0.328. The van der Waals surface area contributed by atoms with Gasteiger partial charge in [-0.25, -0.2) is 4.39 Å². The predicted octanol–water partition coefficient (Wildman–Crippen LogP) is 3.09. The molecule has 1 aromatic heterocycles. The van der Waals surface area contributed by atoms with Crippen molar-refractivity contribution in [2.75, 3.05) is 0 Å². The minimum absolute atomic E-state index is 0.106. The summed E-state index contributed by atoms with van der Waals surface area (Å²) in [6, 6.07) is 9.88. The van der Waals surface area contributed by atoms with Gasteiger partial charge in [0.1, 0.15) is 17.7 Å².